The number of amides is 2. The minimum Gasteiger partial charge on any atom is -0.354 e. The molecule has 0 saturated carbocycles. The lowest BCUT2D eigenvalue weighted by Gasteiger charge is -2.26. The molecule has 0 aliphatic heterocycles. The van der Waals surface area contributed by atoms with Crippen molar-refractivity contribution in [3.63, 3.8) is 0 Å². The van der Waals surface area contributed by atoms with Crippen molar-refractivity contribution in [3.05, 3.63) is 22.4 Å². The van der Waals surface area contributed by atoms with Crippen LogP contribution in [0.25, 0.3) is 0 Å². The molecule has 0 saturated heterocycles. The van der Waals surface area contributed by atoms with Crippen molar-refractivity contribution >= 4 is 23.2 Å². The van der Waals surface area contributed by atoms with Crippen LogP contribution in [0.3, 0.4) is 0 Å². The van der Waals surface area contributed by atoms with Gasteiger partial charge in [0.2, 0.25) is 5.91 Å². The second-order valence-corrected chi connectivity index (χ2v) is 6.00. The first-order valence-electron chi connectivity index (χ1n) is 7.36. The van der Waals surface area contributed by atoms with Crippen LogP contribution in [-0.2, 0) is 4.79 Å². The molecule has 1 heterocycles. The van der Waals surface area contributed by atoms with Gasteiger partial charge in [-0.15, -0.1) is 0 Å². The summed E-state index contributed by atoms with van der Waals surface area (Å²) >= 11 is 1.49. The first-order valence-corrected chi connectivity index (χ1v) is 8.31. The Kier molecular flexibility index (Phi) is 7.39. The lowest BCUT2D eigenvalue weighted by atomic mass is 9.94. The summed E-state index contributed by atoms with van der Waals surface area (Å²) in [6.45, 7) is 5.04. The van der Waals surface area contributed by atoms with Gasteiger partial charge in [0.25, 0.3) is 5.91 Å². The summed E-state index contributed by atoms with van der Waals surface area (Å²) in [7, 11) is 0. The number of rotatable bonds is 9. The van der Waals surface area contributed by atoms with Crippen LogP contribution in [0.4, 0.5) is 0 Å². The van der Waals surface area contributed by atoms with Gasteiger partial charge in [-0.05, 0) is 30.7 Å². The maximum Gasteiger partial charge on any atom is 0.252 e. The molecule has 0 fully saturated rings. The van der Waals surface area contributed by atoms with E-state index in [0.717, 1.165) is 12.8 Å². The van der Waals surface area contributed by atoms with Crippen molar-refractivity contribution in [2.45, 2.75) is 45.1 Å². The number of carbonyl (C=O) groups is 2. The van der Waals surface area contributed by atoms with Crippen molar-refractivity contribution in [1.82, 2.24) is 10.6 Å². The zero-order chi connectivity index (χ0) is 15.7. The van der Waals surface area contributed by atoms with Crippen molar-refractivity contribution in [2.75, 3.05) is 13.1 Å². The van der Waals surface area contributed by atoms with E-state index in [1.165, 1.54) is 11.3 Å². The Morgan fingerprint density at radius 2 is 2.00 bits per heavy atom. The molecule has 0 aromatic carbocycles. The lowest BCUT2D eigenvalue weighted by molar-refractivity contribution is -0.121. The Labute approximate surface area is 130 Å². The maximum absolute atomic E-state index is 11.7. The molecule has 1 aromatic rings. The molecule has 6 heteroatoms. The standard InChI is InChI=1S/C15H25N3O2S/c1-3-15(16,4-2)11-18-13(19)6-5-8-17-14(20)12-7-9-21-10-12/h7,9-10H,3-6,8,11,16H2,1-2H3,(H,17,20)(H,18,19). The van der Waals surface area contributed by atoms with Crippen LogP contribution in [0.15, 0.2) is 16.8 Å². The summed E-state index contributed by atoms with van der Waals surface area (Å²) < 4.78 is 0. The van der Waals surface area contributed by atoms with Crippen LogP contribution in [0.2, 0.25) is 0 Å². The van der Waals surface area contributed by atoms with Crippen LogP contribution in [0.5, 0.6) is 0 Å². The van der Waals surface area contributed by atoms with Crippen LogP contribution < -0.4 is 16.4 Å². The van der Waals surface area contributed by atoms with Gasteiger partial charge in [0, 0.05) is 36.0 Å². The van der Waals surface area contributed by atoms with Gasteiger partial charge in [0.05, 0.1) is 0 Å². The van der Waals surface area contributed by atoms with E-state index in [1.807, 2.05) is 19.2 Å². The summed E-state index contributed by atoms with van der Waals surface area (Å²) in [5.74, 6) is -0.105. The summed E-state index contributed by atoms with van der Waals surface area (Å²) in [6, 6.07) is 1.78. The van der Waals surface area contributed by atoms with Gasteiger partial charge >= 0.3 is 0 Å². The third kappa shape index (κ3) is 6.27. The van der Waals surface area contributed by atoms with E-state index in [1.54, 1.807) is 11.4 Å². The first-order chi connectivity index (χ1) is 10.0. The van der Waals surface area contributed by atoms with E-state index >= 15 is 0 Å². The molecule has 0 aliphatic rings. The van der Waals surface area contributed by atoms with E-state index in [9.17, 15) is 9.59 Å². The maximum atomic E-state index is 11.7. The van der Waals surface area contributed by atoms with Crippen LogP contribution in [0.1, 0.15) is 49.9 Å². The summed E-state index contributed by atoms with van der Waals surface area (Å²) in [5.41, 5.74) is 6.48. The fourth-order valence-corrected chi connectivity index (χ4v) is 2.45. The molecule has 0 unspecified atom stereocenters. The van der Waals surface area contributed by atoms with Gasteiger partial charge in [-0.2, -0.15) is 11.3 Å². The summed E-state index contributed by atoms with van der Waals surface area (Å²) in [4.78, 5) is 23.4. The fourth-order valence-electron chi connectivity index (χ4n) is 1.81. The van der Waals surface area contributed by atoms with E-state index in [0.29, 0.717) is 31.5 Å². The minimum atomic E-state index is -0.317. The van der Waals surface area contributed by atoms with Crippen molar-refractivity contribution < 1.29 is 9.59 Å². The van der Waals surface area contributed by atoms with Crippen molar-refractivity contribution in [1.29, 1.82) is 0 Å². The topological polar surface area (TPSA) is 84.2 Å². The highest BCUT2D eigenvalue weighted by Crippen LogP contribution is 2.09. The van der Waals surface area contributed by atoms with Gasteiger partial charge in [-0.3, -0.25) is 9.59 Å². The average molecular weight is 311 g/mol. The number of hydrogen-bond acceptors (Lipinski definition) is 4. The molecule has 1 aromatic heterocycles. The SMILES string of the molecule is CCC(N)(CC)CNC(=O)CCCNC(=O)c1ccsc1. The second kappa shape index (κ2) is 8.79. The molecule has 0 bridgehead atoms. The van der Waals surface area contributed by atoms with E-state index in [2.05, 4.69) is 10.6 Å². The number of nitrogens with two attached hydrogens (primary N) is 1. The fraction of sp³-hybridized carbons (Fsp3) is 0.600. The Bertz CT molecular complexity index is 442. The zero-order valence-corrected chi connectivity index (χ0v) is 13.6. The van der Waals surface area contributed by atoms with E-state index in [4.69, 9.17) is 5.73 Å². The number of carbonyl (C=O) groups excluding carboxylic acids is 2. The first kappa shape index (κ1) is 17.7. The second-order valence-electron chi connectivity index (χ2n) is 5.22. The largest absolute Gasteiger partial charge is 0.354 e. The highest BCUT2D eigenvalue weighted by Gasteiger charge is 2.20. The minimum absolute atomic E-state index is 0.0171. The molecule has 4 N–H and O–H groups in total. The predicted octanol–water partition coefficient (Wildman–Crippen LogP) is 1.89. The van der Waals surface area contributed by atoms with Gasteiger partial charge in [-0.1, -0.05) is 13.8 Å². The molecule has 0 aliphatic carbocycles. The number of nitrogens with one attached hydrogen (secondary N) is 2. The quantitative estimate of drug-likeness (QED) is 0.609. The number of thiophene rings is 1. The predicted molar refractivity (Wildman–Crippen MR) is 86.4 cm³/mol. The number of hydrogen-bond donors (Lipinski definition) is 3. The molecule has 5 nitrogen and oxygen atoms in total. The van der Waals surface area contributed by atoms with Crippen molar-refractivity contribution in [2.24, 2.45) is 5.73 Å². The smallest absolute Gasteiger partial charge is 0.252 e. The zero-order valence-electron chi connectivity index (χ0n) is 12.8. The molecule has 1 rings (SSSR count). The normalized spacial score (nSPS) is 11.2. The molecule has 118 valence electrons. The van der Waals surface area contributed by atoms with Crippen LogP contribution in [-0.4, -0.2) is 30.4 Å². The van der Waals surface area contributed by atoms with Gasteiger partial charge in [0.1, 0.15) is 0 Å². The molecule has 0 atom stereocenters. The van der Waals surface area contributed by atoms with Gasteiger partial charge in [-0.25, -0.2) is 0 Å². The lowest BCUT2D eigenvalue weighted by Crippen LogP contribution is -2.49. The monoisotopic (exact) mass is 311 g/mol. The highest BCUT2D eigenvalue weighted by atomic mass is 32.1. The van der Waals surface area contributed by atoms with E-state index < -0.39 is 0 Å². The average Bonchev–Trinajstić information content (AvgIpc) is 3.03. The molecule has 0 spiro atoms. The summed E-state index contributed by atoms with van der Waals surface area (Å²) in [5, 5.41) is 9.33. The Hall–Kier alpha value is -1.40. The third-order valence-corrected chi connectivity index (χ3v) is 4.38. The van der Waals surface area contributed by atoms with Gasteiger partial charge < -0.3 is 16.4 Å². The molecule has 0 radical (unpaired) electrons. The molecule has 2 amide bonds. The van der Waals surface area contributed by atoms with E-state index in [-0.39, 0.29) is 17.4 Å². The Balaban J connectivity index is 2.15. The molecular formula is C15H25N3O2S. The summed E-state index contributed by atoms with van der Waals surface area (Å²) in [6.07, 6.45) is 2.69. The van der Waals surface area contributed by atoms with Crippen LogP contribution >= 0.6 is 11.3 Å². The Morgan fingerprint density at radius 1 is 1.29 bits per heavy atom. The van der Waals surface area contributed by atoms with Crippen LogP contribution in [0, 0.1) is 0 Å². The highest BCUT2D eigenvalue weighted by molar-refractivity contribution is 7.08. The van der Waals surface area contributed by atoms with Crippen molar-refractivity contribution in [3.8, 4) is 0 Å². The third-order valence-electron chi connectivity index (χ3n) is 3.70. The molecule has 21 heavy (non-hydrogen) atoms. The van der Waals surface area contributed by atoms with Gasteiger partial charge in [0.15, 0.2) is 0 Å². The molecular weight excluding hydrogens is 286 g/mol. The Morgan fingerprint density at radius 3 is 2.57 bits per heavy atom.